The summed E-state index contributed by atoms with van der Waals surface area (Å²) in [6.07, 6.45) is 1.90. The highest BCUT2D eigenvalue weighted by atomic mass is 16.5. The maximum absolute atomic E-state index is 9.68. The van der Waals surface area contributed by atoms with Gasteiger partial charge in [0.1, 0.15) is 28.9 Å². The molecule has 3 N–H and O–H groups in total. The fourth-order valence-corrected chi connectivity index (χ4v) is 3.34. The fourth-order valence-electron chi connectivity index (χ4n) is 3.34. The van der Waals surface area contributed by atoms with E-state index < -0.39 is 0 Å². The lowest BCUT2D eigenvalue weighted by atomic mass is 9.97. The highest BCUT2D eigenvalue weighted by Gasteiger charge is 2.18. The van der Waals surface area contributed by atoms with Crippen LogP contribution in [0.2, 0.25) is 0 Å². The van der Waals surface area contributed by atoms with Crippen LogP contribution in [0.5, 0.6) is 11.5 Å². The molecule has 0 spiro atoms. The van der Waals surface area contributed by atoms with Gasteiger partial charge < -0.3 is 20.2 Å². The molecular formula is C22H18N4O2. The third-order valence-electron chi connectivity index (χ3n) is 4.72. The molecule has 2 aromatic carbocycles. The van der Waals surface area contributed by atoms with Crippen LogP contribution in [-0.2, 0) is 0 Å². The number of nitrogens with two attached hydrogens (primary N) is 1. The number of ether oxygens (including phenoxy) is 2. The minimum Gasteiger partial charge on any atom is -0.497 e. The van der Waals surface area contributed by atoms with E-state index in [9.17, 15) is 5.26 Å². The number of hydrogen-bond donors (Lipinski definition) is 2. The summed E-state index contributed by atoms with van der Waals surface area (Å²) in [5.74, 6) is 1.43. The molecule has 0 amide bonds. The van der Waals surface area contributed by atoms with Crippen LogP contribution in [0.25, 0.3) is 33.3 Å². The van der Waals surface area contributed by atoms with E-state index in [-0.39, 0.29) is 5.82 Å². The van der Waals surface area contributed by atoms with Gasteiger partial charge in [0.2, 0.25) is 0 Å². The molecule has 6 heteroatoms. The molecule has 0 saturated heterocycles. The zero-order valence-electron chi connectivity index (χ0n) is 15.5. The van der Waals surface area contributed by atoms with E-state index in [0.29, 0.717) is 28.3 Å². The molecule has 0 aliphatic carbocycles. The number of para-hydroxylation sites is 1. The second-order valence-corrected chi connectivity index (χ2v) is 6.24. The Hall–Kier alpha value is -3.98. The number of nitriles is 1. The smallest absolute Gasteiger partial charge is 0.142 e. The first kappa shape index (κ1) is 17.4. The standard InChI is InChI=1S/C22H18N4O2/c1-27-13-7-8-15(21(9-13)28-2)16-10-20(26-22(24)17(16)11-23)18-12-25-19-6-4-3-5-14(18)19/h3-10,12,25H,1-2H3,(H2,24,26). The maximum atomic E-state index is 9.68. The number of methoxy groups -OCH3 is 2. The summed E-state index contributed by atoms with van der Waals surface area (Å²) < 4.78 is 10.8. The number of aromatic amines is 1. The molecule has 0 unspecified atom stereocenters. The highest BCUT2D eigenvalue weighted by molar-refractivity contribution is 5.96. The van der Waals surface area contributed by atoms with Crippen molar-refractivity contribution in [3.8, 4) is 40.0 Å². The van der Waals surface area contributed by atoms with Crippen LogP contribution in [0, 0.1) is 11.3 Å². The molecule has 2 heterocycles. The predicted octanol–water partition coefficient (Wildman–Crippen LogP) is 4.37. The Kier molecular flexibility index (Phi) is 4.34. The maximum Gasteiger partial charge on any atom is 0.142 e. The van der Waals surface area contributed by atoms with Gasteiger partial charge in [0.05, 0.1) is 19.9 Å². The molecule has 28 heavy (non-hydrogen) atoms. The Bertz CT molecular complexity index is 1220. The van der Waals surface area contributed by atoms with Crippen LogP contribution in [0.15, 0.2) is 54.7 Å². The first-order valence-corrected chi connectivity index (χ1v) is 8.65. The number of H-pyrrole nitrogens is 1. The minimum absolute atomic E-state index is 0.179. The summed E-state index contributed by atoms with van der Waals surface area (Å²) in [7, 11) is 3.17. The molecule has 0 fully saturated rings. The Balaban J connectivity index is 1.97. The van der Waals surface area contributed by atoms with Crippen molar-refractivity contribution in [2.24, 2.45) is 0 Å². The van der Waals surface area contributed by atoms with Crippen molar-refractivity contribution in [1.29, 1.82) is 5.26 Å². The van der Waals surface area contributed by atoms with Crippen LogP contribution in [0.4, 0.5) is 5.82 Å². The lowest BCUT2D eigenvalue weighted by Gasteiger charge is -2.14. The third-order valence-corrected chi connectivity index (χ3v) is 4.72. The van der Waals surface area contributed by atoms with E-state index in [1.165, 1.54) is 0 Å². The zero-order chi connectivity index (χ0) is 19.7. The summed E-state index contributed by atoms with van der Waals surface area (Å²) in [5, 5.41) is 10.7. The number of hydrogen-bond acceptors (Lipinski definition) is 5. The van der Waals surface area contributed by atoms with Crippen LogP contribution in [0.3, 0.4) is 0 Å². The van der Waals surface area contributed by atoms with E-state index >= 15 is 0 Å². The molecule has 4 rings (SSSR count). The van der Waals surface area contributed by atoms with Gasteiger partial charge in [0, 0.05) is 39.9 Å². The van der Waals surface area contributed by atoms with Crippen molar-refractivity contribution in [2.45, 2.75) is 0 Å². The summed E-state index contributed by atoms with van der Waals surface area (Å²) >= 11 is 0. The Morgan fingerprint density at radius 2 is 1.82 bits per heavy atom. The normalized spacial score (nSPS) is 10.6. The number of pyridine rings is 1. The van der Waals surface area contributed by atoms with Crippen molar-refractivity contribution in [3.05, 3.63) is 60.3 Å². The van der Waals surface area contributed by atoms with Gasteiger partial charge in [-0.15, -0.1) is 0 Å². The largest absolute Gasteiger partial charge is 0.497 e. The third kappa shape index (κ3) is 2.79. The van der Waals surface area contributed by atoms with Gasteiger partial charge in [0.15, 0.2) is 0 Å². The van der Waals surface area contributed by atoms with Crippen molar-refractivity contribution in [2.75, 3.05) is 20.0 Å². The average molecular weight is 370 g/mol. The van der Waals surface area contributed by atoms with Crippen LogP contribution < -0.4 is 15.2 Å². The number of nitrogen functional groups attached to an aromatic ring is 1. The lowest BCUT2D eigenvalue weighted by molar-refractivity contribution is 0.395. The van der Waals surface area contributed by atoms with Gasteiger partial charge in [-0.05, 0) is 24.3 Å². The molecule has 138 valence electrons. The molecule has 6 nitrogen and oxygen atoms in total. The van der Waals surface area contributed by atoms with E-state index in [0.717, 1.165) is 22.0 Å². The number of rotatable bonds is 4. The van der Waals surface area contributed by atoms with Crippen molar-refractivity contribution < 1.29 is 9.47 Å². The van der Waals surface area contributed by atoms with Crippen LogP contribution in [-0.4, -0.2) is 24.2 Å². The molecule has 0 radical (unpaired) electrons. The second kappa shape index (κ2) is 6.97. The molecular weight excluding hydrogens is 352 g/mol. The summed E-state index contributed by atoms with van der Waals surface area (Å²) in [4.78, 5) is 7.73. The SMILES string of the molecule is COc1ccc(-c2cc(-c3c[nH]c4ccccc34)nc(N)c2C#N)c(OC)c1. The Morgan fingerprint density at radius 3 is 2.57 bits per heavy atom. The first-order valence-electron chi connectivity index (χ1n) is 8.65. The second-order valence-electron chi connectivity index (χ2n) is 6.24. The van der Waals surface area contributed by atoms with Gasteiger partial charge in [0.25, 0.3) is 0 Å². The van der Waals surface area contributed by atoms with E-state index in [4.69, 9.17) is 15.2 Å². The Morgan fingerprint density at radius 1 is 1.00 bits per heavy atom. The van der Waals surface area contributed by atoms with Crippen LogP contribution >= 0.6 is 0 Å². The molecule has 0 aliphatic heterocycles. The van der Waals surface area contributed by atoms with E-state index in [2.05, 4.69) is 16.0 Å². The summed E-state index contributed by atoms with van der Waals surface area (Å²) in [5.41, 5.74) is 10.5. The quantitative estimate of drug-likeness (QED) is 0.556. The number of nitrogens with one attached hydrogen (secondary N) is 1. The van der Waals surface area contributed by atoms with Gasteiger partial charge in [-0.2, -0.15) is 5.26 Å². The monoisotopic (exact) mass is 370 g/mol. The highest BCUT2D eigenvalue weighted by Crippen LogP contribution is 2.39. The average Bonchev–Trinajstić information content (AvgIpc) is 3.17. The fraction of sp³-hybridized carbons (Fsp3) is 0.0909. The van der Waals surface area contributed by atoms with Crippen molar-refractivity contribution >= 4 is 16.7 Å². The zero-order valence-corrected chi connectivity index (χ0v) is 15.5. The molecule has 4 aromatic rings. The predicted molar refractivity (Wildman–Crippen MR) is 109 cm³/mol. The van der Waals surface area contributed by atoms with Gasteiger partial charge in [-0.25, -0.2) is 4.98 Å². The minimum atomic E-state index is 0.179. The molecule has 0 aliphatic rings. The topological polar surface area (TPSA) is 97.0 Å². The first-order chi connectivity index (χ1) is 13.7. The van der Waals surface area contributed by atoms with E-state index in [1.54, 1.807) is 20.3 Å². The number of nitrogens with zero attached hydrogens (tertiary/aromatic N) is 2. The summed E-state index contributed by atoms with van der Waals surface area (Å²) in [6.45, 7) is 0. The van der Waals surface area contributed by atoms with Crippen molar-refractivity contribution in [1.82, 2.24) is 9.97 Å². The Labute approximate surface area is 162 Å². The van der Waals surface area contributed by atoms with Gasteiger partial charge in [-0.3, -0.25) is 0 Å². The molecule has 2 aromatic heterocycles. The number of anilines is 1. The number of aromatic nitrogens is 2. The van der Waals surface area contributed by atoms with Crippen LogP contribution in [0.1, 0.15) is 5.56 Å². The van der Waals surface area contributed by atoms with Gasteiger partial charge in [-0.1, -0.05) is 18.2 Å². The van der Waals surface area contributed by atoms with E-state index in [1.807, 2.05) is 48.7 Å². The lowest BCUT2D eigenvalue weighted by Crippen LogP contribution is -2.00. The molecule has 0 saturated carbocycles. The van der Waals surface area contributed by atoms with Gasteiger partial charge >= 0.3 is 0 Å². The molecule has 0 bridgehead atoms. The number of fused-ring (bicyclic) bond motifs is 1. The van der Waals surface area contributed by atoms with Crippen molar-refractivity contribution in [3.63, 3.8) is 0 Å². The summed E-state index contributed by atoms with van der Waals surface area (Å²) in [6, 6.07) is 17.4. The number of benzene rings is 2. The molecule has 0 atom stereocenters.